The van der Waals surface area contributed by atoms with Crippen LogP contribution in [0.3, 0.4) is 0 Å². The molecule has 0 saturated carbocycles. The molecule has 0 bridgehead atoms. The molecule has 0 radical (unpaired) electrons. The lowest BCUT2D eigenvalue weighted by molar-refractivity contribution is 0.0722. The number of nitrogens with zero attached hydrogens (tertiary/aromatic N) is 3. The van der Waals surface area contributed by atoms with Crippen LogP contribution < -0.4 is 0 Å². The minimum absolute atomic E-state index is 0.0601. The number of aryl methyl sites for hydroxylation is 1. The highest BCUT2D eigenvalue weighted by Gasteiger charge is 2.24. The Morgan fingerprint density at radius 1 is 1.26 bits per heavy atom. The standard InChI is InChI=1S/C22H24FN3O/c1-4-5-8-21(16-7-6-11-24-14-16)26(3)22(27)19-12-15(2)25-20-13-17(23)9-10-18(19)20/h6-7,9-14,21H,4-5,8H2,1-3H3/t21-/m1/s1. The van der Waals surface area contributed by atoms with E-state index in [1.165, 1.54) is 12.1 Å². The summed E-state index contributed by atoms with van der Waals surface area (Å²) in [6.45, 7) is 3.95. The van der Waals surface area contributed by atoms with Gasteiger partial charge in [-0.3, -0.25) is 14.8 Å². The Kier molecular flexibility index (Phi) is 5.79. The smallest absolute Gasteiger partial charge is 0.254 e. The van der Waals surface area contributed by atoms with Crippen molar-refractivity contribution >= 4 is 16.8 Å². The molecule has 0 aliphatic carbocycles. The van der Waals surface area contributed by atoms with Gasteiger partial charge in [0.1, 0.15) is 5.82 Å². The SMILES string of the molecule is CCCC[C@H](c1cccnc1)N(C)C(=O)c1cc(C)nc2cc(F)ccc12. The molecule has 0 N–H and O–H groups in total. The van der Waals surface area contributed by atoms with Crippen molar-refractivity contribution in [3.8, 4) is 0 Å². The summed E-state index contributed by atoms with van der Waals surface area (Å²) in [4.78, 5) is 23.7. The average Bonchev–Trinajstić information content (AvgIpc) is 2.67. The minimum atomic E-state index is -0.358. The number of hydrogen-bond donors (Lipinski definition) is 0. The number of hydrogen-bond acceptors (Lipinski definition) is 3. The predicted molar refractivity (Wildman–Crippen MR) is 105 cm³/mol. The number of rotatable bonds is 6. The van der Waals surface area contributed by atoms with Crippen LogP contribution in [0.2, 0.25) is 0 Å². The summed E-state index contributed by atoms with van der Waals surface area (Å²) in [6, 6.07) is 9.97. The van der Waals surface area contributed by atoms with Crippen LogP contribution in [0.25, 0.3) is 10.9 Å². The van der Waals surface area contributed by atoms with Crippen molar-refractivity contribution in [2.75, 3.05) is 7.05 Å². The van der Waals surface area contributed by atoms with E-state index in [0.717, 1.165) is 24.8 Å². The minimum Gasteiger partial charge on any atom is -0.335 e. The lowest BCUT2D eigenvalue weighted by Crippen LogP contribution is -2.31. The molecule has 0 aliphatic heterocycles. The summed E-state index contributed by atoms with van der Waals surface area (Å²) in [5.74, 6) is -0.453. The number of benzene rings is 1. The number of unbranched alkanes of at least 4 members (excludes halogenated alkanes) is 1. The maximum atomic E-state index is 13.6. The van der Waals surface area contributed by atoms with Gasteiger partial charge in [0.15, 0.2) is 0 Å². The van der Waals surface area contributed by atoms with Crippen molar-refractivity contribution in [3.63, 3.8) is 0 Å². The topological polar surface area (TPSA) is 46.1 Å². The van der Waals surface area contributed by atoms with Gasteiger partial charge in [0.25, 0.3) is 5.91 Å². The number of halogens is 1. The first-order valence-corrected chi connectivity index (χ1v) is 9.25. The van der Waals surface area contributed by atoms with Crippen LogP contribution in [0.1, 0.15) is 53.8 Å². The Hall–Kier alpha value is -2.82. The van der Waals surface area contributed by atoms with Gasteiger partial charge in [-0.1, -0.05) is 25.8 Å². The van der Waals surface area contributed by atoms with Crippen LogP contribution in [0.4, 0.5) is 4.39 Å². The maximum Gasteiger partial charge on any atom is 0.254 e. The molecule has 140 valence electrons. The predicted octanol–water partition coefficient (Wildman–Crippen LogP) is 5.08. The third-order valence-corrected chi connectivity index (χ3v) is 4.82. The second-order valence-electron chi connectivity index (χ2n) is 6.83. The summed E-state index contributed by atoms with van der Waals surface area (Å²) in [7, 11) is 1.82. The van der Waals surface area contributed by atoms with Gasteiger partial charge in [-0.05, 0) is 43.2 Å². The Balaban J connectivity index is 2.01. The van der Waals surface area contributed by atoms with Gasteiger partial charge in [0.05, 0.1) is 17.1 Å². The lowest BCUT2D eigenvalue weighted by Gasteiger charge is -2.29. The molecule has 2 heterocycles. The van der Waals surface area contributed by atoms with E-state index in [9.17, 15) is 9.18 Å². The summed E-state index contributed by atoms with van der Waals surface area (Å²) >= 11 is 0. The summed E-state index contributed by atoms with van der Waals surface area (Å²) < 4.78 is 13.6. The second kappa shape index (κ2) is 8.25. The van der Waals surface area contributed by atoms with Crippen LogP contribution in [-0.2, 0) is 0 Å². The monoisotopic (exact) mass is 365 g/mol. The molecule has 1 amide bonds. The Morgan fingerprint density at radius 3 is 2.78 bits per heavy atom. The Bertz CT molecular complexity index is 938. The number of aromatic nitrogens is 2. The molecule has 0 aliphatic rings. The molecule has 0 saturated heterocycles. The fourth-order valence-corrected chi connectivity index (χ4v) is 3.40. The van der Waals surface area contributed by atoms with Crippen molar-refractivity contribution in [2.45, 2.75) is 39.2 Å². The van der Waals surface area contributed by atoms with Gasteiger partial charge >= 0.3 is 0 Å². The molecule has 1 atom stereocenters. The van der Waals surface area contributed by atoms with Crippen molar-refractivity contribution in [1.29, 1.82) is 0 Å². The number of amides is 1. The van der Waals surface area contributed by atoms with Crippen molar-refractivity contribution < 1.29 is 9.18 Å². The highest BCUT2D eigenvalue weighted by Crippen LogP contribution is 2.28. The first kappa shape index (κ1) is 19.0. The van der Waals surface area contributed by atoms with Crippen molar-refractivity contribution in [3.05, 3.63) is 71.4 Å². The molecule has 27 heavy (non-hydrogen) atoms. The zero-order valence-electron chi connectivity index (χ0n) is 15.9. The first-order chi connectivity index (χ1) is 13.0. The average molecular weight is 365 g/mol. The number of fused-ring (bicyclic) bond motifs is 1. The molecular weight excluding hydrogens is 341 g/mol. The third-order valence-electron chi connectivity index (χ3n) is 4.82. The first-order valence-electron chi connectivity index (χ1n) is 9.25. The van der Waals surface area contributed by atoms with Gasteiger partial charge in [-0.2, -0.15) is 0 Å². The van der Waals surface area contributed by atoms with Gasteiger partial charge in [0.2, 0.25) is 0 Å². The highest BCUT2D eigenvalue weighted by atomic mass is 19.1. The fraction of sp³-hybridized carbons (Fsp3) is 0.318. The van der Waals surface area contributed by atoms with Gasteiger partial charge in [-0.25, -0.2) is 4.39 Å². The second-order valence-corrected chi connectivity index (χ2v) is 6.83. The Morgan fingerprint density at radius 2 is 2.07 bits per heavy atom. The third kappa shape index (κ3) is 4.13. The number of carbonyl (C=O) groups is 1. The molecule has 0 fully saturated rings. The summed E-state index contributed by atoms with van der Waals surface area (Å²) in [5, 5.41) is 0.666. The number of pyridine rings is 2. The van der Waals surface area contributed by atoms with Crippen LogP contribution in [0.5, 0.6) is 0 Å². The van der Waals surface area contributed by atoms with E-state index in [0.29, 0.717) is 22.2 Å². The summed E-state index contributed by atoms with van der Waals surface area (Å²) in [5.41, 5.74) is 2.75. The van der Waals surface area contributed by atoms with Crippen LogP contribution in [0.15, 0.2) is 48.8 Å². The lowest BCUT2D eigenvalue weighted by atomic mass is 9.99. The molecule has 4 nitrogen and oxygen atoms in total. The van der Waals surface area contributed by atoms with Crippen LogP contribution >= 0.6 is 0 Å². The highest BCUT2D eigenvalue weighted by molar-refractivity contribution is 6.06. The fourth-order valence-electron chi connectivity index (χ4n) is 3.40. The molecular formula is C22H24FN3O. The van der Waals surface area contributed by atoms with E-state index < -0.39 is 0 Å². The molecule has 3 rings (SSSR count). The molecule has 2 aromatic heterocycles. The maximum absolute atomic E-state index is 13.6. The molecule has 5 heteroatoms. The van der Waals surface area contributed by atoms with Gasteiger partial charge in [0, 0.05) is 36.6 Å². The van der Waals surface area contributed by atoms with E-state index in [4.69, 9.17) is 0 Å². The van der Waals surface area contributed by atoms with Gasteiger partial charge in [-0.15, -0.1) is 0 Å². The largest absolute Gasteiger partial charge is 0.335 e. The Labute approximate surface area is 159 Å². The quantitative estimate of drug-likeness (QED) is 0.612. The van der Waals surface area contributed by atoms with Crippen molar-refractivity contribution in [1.82, 2.24) is 14.9 Å². The van der Waals surface area contributed by atoms with E-state index >= 15 is 0 Å². The molecule has 1 aromatic carbocycles. The molecule has 0 spiro atoms. The van der Waals surface area contributed by atoms with Gasteiger partial charge < -0.3 is 4.90 Å². The van der Waals surface area contributed by atoms with E-state index in [2.05, 4.69) is 16.9 Å². The van der Waals surface area contributed by atoms with Crippen molar-refractivity contribution in [2.24, 2.45) is 0 Å². The summed E-state index contributed by atoms with van der Waals surface area (Å²) in [6.07, 6.45) is 6.47. The molecule has 3 aromatic rings. The van der Waals surface area contributed by atoms with E-state index in [1.807, 2.05) is 32.3 Å². The van der Waals surface area contributed by atoms with E-state index in [1.54, 1.807) is 23.2 Å². The normalized spacial score (nSPS) is 12.1. The zero-order valence-corrected chi connectivity index (χ0v) is 15.9. The zero-order chi connectivity index (χ0) is 19.4. The van der Waals surface area contributed by atoms with Crippen LogP contribution in [-0.4, -0.2) is 27.8 Å². The van der Waals surface area contributed by atoms with E-state index in [-0.39, 0.29) is 17.8 Å². The van der Waals surface area contributed by atoms with Crippen LogP contribution in [0, 0.1) is 12.7 Å². The molecule has 0 unspecified atom stereocenters. The number of carbonyl (C=O) groups excluding carboxylic acids is 1.